The Morgan fingerprint density at radius 2 is 1.94 bits per heavy atom. The zero-order chi connectivity index (χ0) is 21.2. The molecule has 2 aliphatic rings. The number of nitrogens with zero attached hydrogens (tertiary/aromatic N) is 4. The summed E-state index contributed by atoms with van der Waals surface area (Å²) in [6.45, 7) is 1.58. The van der Waals surface area contributed by atoms with Gasteiger partial charge in [0.2, 0.25) is 17.7 Å². The normalized spacial score (nSPS) is 20.1. The van der Waals surface area contributed by atoms with Crippen molar-refractivity contribution in [1.82, 2.24) is 15.0 Å². The van der Waals surface area contributed by atoms with E-state index in [0.717, 1.165) is 48.1 Å². The molecule has 1 saturated carbocycles. The summed E-state index contributed by atoms with van der Waals surface area (Å²) in [4.78, 5) is 6.53. The summed E-state index contributed by atoms with van der Waals surface area (Å²) in [6, 6.07) is 12.3. The maximum atomic E-state index is 6.04. The minimum Gasteiger partial charge on any atom is -0.493 e. The second-order valence-electron chi connectivity index (χ2n) is 8.44. The number of fused-ring (bicyclic) bond motifs is 1. The summed E-state index contributed by atoms with van der Waals surface area (Å²) >= 11 is 5.55. The zero-order valence-corrected chi connectivity index (χ0v) is 18.1. The highest BCUT2D eigenvalue weighted by Gasteiger charge is 2.32. The Morgan fingerprint density at radius 3 is 2.77 bits per heavy atom. The van der Waals surface area contributed by atoms with Crippen molar-refractivity contribution in [3.8, 4) is 17.1 Å². The van der Waals surface area contributed by atoms with Crippen molar-refractivity contribution < 1.29 is 9.26 Å². The molecule has 1 atom stereocenters. The molecule has 5 rings (SSSR count). The van der Waals surface area contributed by atoms with Crippen LogP contribution in [-0.2, 0) is 0 Å². The number of hydrogen-bond acceptors (Lipinski definition) is 5. The topological polar surface area (TPSA) is 89.8 Å². The summed E-state index contributed by atoms with van der Waals surface area (Å²) in [5.41, 5.74) is 6.81. The Balaban J connectivity index is 1.33. The maximum Gasteiger partial charge on any atom is 0.249 e. The first-order valence-electron chi connectivity index (χ1n) is 10.9. The van der Waals surface area contributed by atoms with E-state index in [1.54, 1.807) is 0 Å². The molecule has 0 unspecified atom stereocenters. The quantitative estimate of drug-likeness (QED) is 0.441. The van der Waals surface area contributed by atoms with Crippen LogP contribution in [0, 0.1) is 5.92 Å². The van der Waals surface area contributed by atoms with Crippen molar-refractivity contribution in [2.24, 2.45) is 16.2 Å². The van der Waals surface area contributed by atoms with Gasteiger partial charge in [-0.25, -0.2) is 0 Å². The fourth-order valence-electron chi connectivity index (χ4n) is 4.68. The number of guanidine groups is 1. The molecule has 31 heavy (non-hydrogen) atoms. The predicted octanol–water partition coefficient (Wildman–Crippen LogP) is 5.06. The van der Waals surface area contributed by atoms with E-state index in [1.165, 1.54) is 25.7 Å². The van der Waals surface area contributed by atoms with Crippen LogP contribution < -0.4 is 10.5 Å². The third-order valence-corrected chi connectivity index (χ3v) is 6.56. The monoisotopic (exact) mass is 439 g/mol. The maximum absolute atomic E-state index is 6.04. The van der Waals surface area contributed by atoms with Gasteiger partial charge in [-0.1, -0.05) is 36.2 Å². The third kappa shape index (κ3) is 4.19. The number of hydrogen-bond donors (Lipinski definition) is 1. The summed E-state index contributed by atoms with van der Waals surface area (Å²) < 4.78 is 15.2. The molecule has 0 bridgehead atoms. The molecule has 2 heterocycles. The minimum atomic E-state index is -0.0937. The van der Waals surface area contributed by atoms with E-state index in [9.17, 15) is 0 Å². The number of likely N-dealkylation sites (tertiary alicyclic amines) is 1. The third-order valence-electron chi connectivity index (χ3n) is 6.39. The van der Waals surface area contributed by atoms with Gasteiger partial charge in [-0.3, -0.25) is 0 Å². The molecule has 0 spiro atoms. The Kier molecular flexibility index (Phi) is 5.68. The van der Waals surface area contributed by atoms with Crippen molar-refractivity contribution in [1.29, 1.82) is 0 Å². The second-order valence-corrected chi connectivity index (χ2v) is 8.60. The molecule has 8 heteroatoms. The van der Waals surface area contributed by atoms with Gasteiger partial charge in [0, 0.05) is 23.9 Å². The predicted molar refractivity (Wildman–Crippen MR) is 121 cm³/mol. The number of aromatic nitrogens is 2. The second kappa shape index (κ2) is 8.75. The number of rotatable bonds is 5. The molecule has 1 aliphatic carbocycles. The van der Waals surface area contributed by atoms with Crippen LogP contribution in [0.3, 0.4) is 0 Å². The van der Waals surface area contributed by atoms with Crippen LogP contribution in [0.15, 0.2) is 45.4 Å². The lowest BCUT2D eigenvalue weighted by molar-refractivity contribution is 0.252. The van der Waals surface area contributed by atoms with Gasteiger partial charge in [0.15, 0.2) is 0 Å². The fourth-order valence-corrected chi connectivity index (χ4v) is 4.77. The average molecular weight is 440 g/mol. The van der Waals surface area contributed by atoms with E-state index in [0.29, 0.717) is 17.6 Å². The highest BCUT2D eigenvalue weighted by Crippen LogP contribution is 2.33. The molecule has 1 aromatic heterocycles. The van der Waals surface area contributed by atoms with E-state index >= 15 is 0 Å². The lowest BCUT2D eigenvalue weighted by Crippen LogP contribution is -2.36. The van der Waals surface area contributed by atoms with Gasteiger partial charge in [-0.05, 0) is 60.6 Å². The summed E-state index contributed by atoms with van der Waals surface area (Å²) in [5.74, 6) is 3.00. The van der Waals surface area contributed by atoms with Gasteiger partial charge < -0.3 is 19.9 Å². The van der Waals surface area contributed by atoms with E-state index < -0.39 is 0 Å². The number of benzene rings is 2. The van der Waals surface area contributed by atoms with Gasteiger partial charge in [0.25, 0.3) is 0 Å². The Bertz CT molecular complexity index is 1090. The first-order valence-corrected chi connectivity index (χ1v) is 11.3. The Hall–Kier alpha value is -2.80. The smallest absolute Gasteiger partial charge is 0.249 e. The lowest BCUT2D eigenvalue weighted by Gasteiger charge is -2.21. The van der Waals surface area contributed by atoms with Crippen LogP contribution in [0.25, 0.3) is 22.2 Å². The van der Waals surface area contributed by atoms with Crippen LogP contribution in [-0.4, -0.2) is 34.2 Å². The van der Waals surface area contributed by atoms with Crippen LogP contribution in [0.5, 0.6) is 5.75 Å². The average Bonchev–Trinajstić information content (AvgIpc) is 3.57. The Labute approximate surface area is 186 Å². The minimum absolute atomic E-state index is 0.0937. The molecule has 0 amide bonds. The van der Waals surface area contributed by atoms with Crippen LogP contribution in [0.2, 0.25) is 0 Å². The van der Waals surface area contributed by atoms with E-state index in [-0.39, 0.29) is 12.0 Å². The van der Waals surface area contributed by atoms with Crippen molar-refractivity contribution >= 4 is 28.5 Å². The van der Waals surface area contributed by atoms with Gasteiger partial charge in [0.05, 0.1) is 6.61 Å². The number of nitrogens with two attached hydrogens (primary N) is 1. The van der Waals surface area contributed by atoms with Gasteiger partial charge in [-0.2, -0.15) is 4.98 Å². The summed E-state index contributed by atoms with van der Waals surface area (Å²) in [5, 5.41) is 6.44. The summed E-state index contributed by atoms with van der Waals surface area (Å²) in [7, 11) is 0. The fraction of sp³-hybridized carbons (Fsp3) is 0.435. The van der Waals surface area contributed by atoms with Gasteiger partial charge in [-0.15, -0.1) is 4.51 Å². The van der Waals surface area contributed by atoms with Crippen LogP contribution in [0.4, 0.5) is 0 Å². The molecule has 1 aliphatic heterocycles. The number of halogens is 1. The molecule has 2 aromatic carbocycles. The first kappa shape index (κ1) is 20.1. The standard InChI is InChI=1S/C23H26ClN5O2/c24-27-23(25)29-11-3-6-20(29)22-26-21(28-31-22)18-8-7-17-13-19(10-9-16(17)12-18)30-14-15-4-1-2-5-15/h7-10,12-13,15,20H,1-6,11,14H2,(H2,25,27)/t20-/m0/s1. The highest BCUT2D eigenvalue weighted by atomic mass is 35.5. The van der Waals surface area contributed by atoms with E-state index in [1.807, 2.05) is 17.0 Å². The van der Waals surface area contributed by atoms with E-state index in [4.69, 9.17) is 26.8 Å². The molecule has 3 aromatic rings. The van der Waals surface area contributed by atoms with E-state index in [2.05, 4.69) is 38.9 Å². The SMILES string of the molecule is NC(=NCl)N1CCC[C@H]1c1nc(-c2ccc3cc(OCC4CCCC4)ccc3c2)no1. The van der Waals surface area contributed by atoms with Crippen molar-refractivity contribution in [3.63, 3.8) is 0 Å². The van der Waals surface area contributed by atoms with Gasteiger partial charge >= 0.3 is 0 Å². The van der Waals surface area contributed by atoms with Crippen molar-refractivity contribution in [2.45, 2.75) is 44.6 Å². The van der Waals surface area contributed by atoms with Crippen LogP contribution >= 0.6 is 11.8 Å². The molecule has 7 nitrogen and oxygen atoms in total. The van der Waals surface area contributed by atoms with Crippen LogP contribution in [0.1, 0.15) is 50.5 Å². The molecule has 0 radical (unpaired) electrons. The molecular formula is C23H26ClN5O2. The van der Waals surface area contributed by atoms with Gasteiger partial charge in [0.1, 0.15) is 11.8 Å². The molecular weight excluding hydrogens is 414 g/mol. The lowest BCUT2D eigenvalue weighted by atomic mass is 10.1. The molecule has 1 saturated heterocycles. The molecule has 2 fully saturated rings. The largest absolute Gasteiger partial charge is 0.493 e. The van der Waals surface area contributed by atoms with Crippen molar-refractivity contribution in [3.05, 3.63) is 42.3 Å². The first-order chi connectivity index (χ1) is 15.2. The zero-order valence-electron chi connectivity index (χ0n) is 17.3. The highest BCUT2D eigenvalue weighted by molar-refractivity contribution is 6.19. The van der Waals surface area contributed by atoms with Crippen molar-refractivity contribution in [2.75, 3.05) is 13.2 Å². The Morgan fingerprint density at radius 1 is 1.13 bits per heavy atom. The number of ether oxygens (including phenoxy) is 1. The summed E-state index contributed by atoms with van der Waals surface area (Å²) in [6.07, 6.45) is 7.07. The molecule has 2 N–H and O–H groups in total. The molecule has 162 valence electrons.